The van der Waals surface area contributed by atoms with Gasteiger partial charge in [-0.2, -0.15) is 0 Å². The zero-order chi connectivity index (χ0) is 9.97. The molecule has 0 aliphatic heterocycles. The fourth-order valence-corrected chi connectivity index (χ4v) is 2.26. The van der Waals surface area contributed by atoms with Crippen molar-refractivity contribution >= 4 is 11.6 Å². The van der Waals surface area contributed by atoms with Crippen LogP contribution in [0.25, 0.3) is 0 Å². The summed E-state index contributed by atoms with van der Waals surface area (Å²) in [5, 5.41) is 0.421. The SMILES string of the molecule is COc1c(Cl)ncnc1C1CCCC1. The molecule has 1 saturated carbocycles. The summed E-state index contributed by atoms with van der Waals surface area (Å²) in [5.74, 6) is 1.16. The standard InChI is InChI=1S/C10H13ClN2O/c1-14-9-8(7-4-2-3-5-7)12-6-13-10(9)11/h6-7H,2-5H2,1H3. The van der Waals surface area contributed by atoms with Gasteiger partial charge in [0.1, 0.15) is 6.33 Å². The van der Waals surface area contributed by atoms with Crippen molar-refractivity contribution in [2.24, 2.45) is 0 Å². The minimum Gasteiger partial charge on any atom is -0.492 e. The van der Waals surface area contributed by atoms with Gasteiger partial charge in [-0.05, 0) is 12.8 Å². The Hall–Kier alpha value is -0.830. The Morgan fingerprint density at radius 1 is 1.36 bits per heavy atom. The van der Waals surface area contributed by atoms with Crippen LogP contribution in [0.15, 0.2) is 6.33 Å². The molecule has 0 radical (unpaired) electrons. The van der Waals surface area contributed by atoms with Gasteiger partial charge in [-0.15, -0.1) is 0 Å². The lowest BCUT2D eigenvalue weighted by Crippen LogP contribution is -2.02. The number of nitrogens with zero attached hydrogens (tertiary/aromatic N) is 2. The molecule has 0 spiro atoms. The molecule has 0 atom stereocenters. The third kappa shape index (κ3) is 1.69. The molecule has 1 aromatic rings. The van der Waals surface area contributed by atoms with E-state index >= 15 is 0 Å². The Balaban J connectivity index is 2.35. The largest absolute Gasteiger partial charge is 0.492 e. The lowest BCUT2D eigenvalue weighted by Gasteiger charge is -2.12. The number of halogens is 1. The predicted octanol–water partition coefficient (Wildman–Crippen LogP) is 2.80. The molecule has 3 nitrogen and oxygen atoms in total. The van der Waals surface area contributed by atoms with E-state index in [0.29, 0.717) is 16.8 Å². The Morgan fingerprint density at radius 2 is 2.07 bits per heavy atom. The molecule has 0 bridgehead atoms. The Bertz CT molecular complexity index is 324. The van der Waals surface area contributed by atoms with Crippen LogP contribution in [-0.4, -0.2) is 17.1 Å². The fraction of sp³-hybridized carbons (Fsp3) is 0.600. The maximum absolute atomic E-state index is 5.93. The Morgan fingerprint density at radius 3 is 2.71 bits per heavy atom. The van der Waals surface area contributed by atoms with E-state index in [1.165, 1.54) is 32.0 Å². The highest BCUT2D eigenvalue weighted by molar-refractivity contribution is 6.30. The quantitative estimate of drug-likeness (QED) is 0.708. The topological polar surface area (TPSA) is 35.0 Å². The highest BCUT2D eigenvalue weighted by Gasteiger charge is 2.23. The zero-order valence-electron chi connectivity index (χ0n) is 8.16. The zero-order valence-corrected chi connectivity index (χ0v) is 8.92. The van der Waals surface area contributed by atoms with E-state index in [2.05, 4.69) is 9.97 Å². The first-order valence-electron chi connectivity index (χ1n) is 4.87. The smallest absolute Gasteiger partial charge is 0.177 e. The van der Waals surface area contributed by atoms with E-state index in [9.17, 15) is 0 Å². The summed E-state index contributed by atoms with van der Waals surface area (Å²) in [6, 6.07) is 0. The van der Waals surface area contributed by atoms with Crippen LogP contribution >= 0.6 is 11.6 Å². The van der Waals surface area contributed by atoms with E-state index in [0.717, 1.165) is 5.69 Å². The van der Waals surface area contributed by atoms with Crippen molar-refractivity contribution in [3.05, 3.63) is 17.2 Å². The van der Waals surface area contributed by atoms with Gasteiger partial charge in [0.2, 0.25) is 0 Å². The molecule has 1 fully saturated rings. The predicted molar refractivity (Wildman–Crippen MR) is 54.8 cm³/mol. The fourth-order valence-electron chi connectivity index (χ4n) is 2.04. The van der Waals surface area contributed by atoms with Gasteiger partial charge in [0.05, 0.1) is 12.8 Å². The molecule has 0 saturated heterocycles. The van der Waals surface area contributed by atoms with Crippen molar-refractivity contribution in [1.82, 2.24) is 9.97 Å². The highest BCUT2D eigenvalue weighted by Crippen LogP contribution is 2.39. The summed E-state index contributed by atoms with van der Waals surface area (Å²) < 4.78 is 5.23. The highest BCUT2D eigenvalue weighted by atomic mass is 35.5. The lowest BCUT2D eigenvalue weighted by molar-refractivity contribution is 0.399. The second-order valence-corrected chi connectivity index (χ2v) is 3.92. The third-order valence-corrected chi connectivity index (χ3v) is 3.00. The molecule has 1 aliphatic carbocycles. The summed E-state index contributed by atoms with van der Waals surface area (Å²) >= 11 is 5.93. The van der Waals surface area contributed by atoms with Crippen molar-refractivity contribution in [2.45, 2.75) is 31.6 Å². The van der Waals surface area contributed by atoms with Gasteiger partial charge in [0.25, 0.3) is 0 Å². The van der Waals surface area contributed by atoms with Crippen LogP contribution in [0.3, 0.4) is 0 Å². The van der Waals surface area contributed by atoms with E-state index < -0.39 is 0 Å². The summed E-state index contributed by atoms with van der Waals surface area (Å²) in [5.41, 5.74) is 0.977. The molecule has 2 rings (SSSR count). The third-order valence-electron chi connectivity index (χ3n) is 2.73. The summed E-state index contributed by atoms with van der Waals surface area (Å²) in [6.07, 6.45) is 6.43. The van der Waals surface area contributed by atoms with Crippen LogP contribution in [0.1, 0.15) is 37.3 Å². The molecule has 1 heterocycles. The molecule has 1 aliphatic rings. The number of methoxy groups -OCH3 is 1. The van der Waals surface area contributed by atoms with E-state index in [-0.39, 0.29) is 0 Å². The van der Waals surface area contributed by atoms with Crippen molar-refractivity contribution in [3.63, 3.8) is 0 Å². The normalized spacial score (nSPS) is 17.3. The molecule has 0 aromatic carbocycles. The van der Waals surface area contributed by atoms with Crippen molar-refractivity contribution in [1.29, 1.82) is 0 Å². The van der Waals surface area contributed by atoms with Gasteiger partial charge < -0.3 is 4.74 Å². The lowest BCUT2D eigenvalue weighted by atomic mass is 10.0. The number of aromatic nitrogens is 2. The van der Waals surface area contributed by atoms with Crippen LogP contribution < -0.4 is 4.74 Å². The maximum Gasteiger partial charge on any atom is 0.177 e. The van der Waals surface area contributed by atoms with Crippen LogP contribution in [0.2, 0.25) is 5.15 Å². The molecular formula is C10H13ClN2O. The first kappa shape index (κ1) is 9.71. The van der Waals surface area contributed by atoms with Gasteiger partial charge in [-0.3, -0.25) is 0 Å². The van der Waals surface area contributed by atoms with Crippen molar-refractivity contribution < 1.29 is 4.74 Å². The molecule has 0 N–H and O–H groups in total. The van der Waals surface area contributed by atoms with Crippen molar-refractivity contribution in [3.8, 4) is 5.75 Å². The van der Waals surface area contributed by atoms with Crippen molar-refractivity contribution in [2.75, 3.05) is 7.11 Å². The van der Waals surface area contributed by atoms with Gasteiger partial charge in [0, 0.05) is 5.92 Å². The monoisotopic (exact) mass is 212 g/mol. The molecular weight excluding hydrogens is 200 g/mol. The number of hydrogen-bond acceptors (Lipinski definition) is 3. The Kier molecular flexibility index (Phi) is 2.87. The second kappa shape index (κ2) is 4.13. The molecule has 14 heavy (non-hydrogen) atoms. The van der Waals surface area contributed by atoms with E-state index in [1.807, 2.05) is 0 Å². The average molecular weight is 213 g/mol. The number of ether oxygens (including phenoxy) is 1. The summed E-state index contributed by atoms with van der Waals surface area (Å²) in [4.78, 5) is 8.18. The molecule has 4 heteroatoms. The minimum absolute atomic E-state index is 0.421. The number of rotatable bonds is 2. The van der Waals surface area contributed by atoms with Crippen LogP contribution in [0.4, 0.5) is 0 Å². The van der Waals surface area contributed by atoms with Gasteiger partial charge in [-0.1, -0.05) is 24.4 Å². The van der Waals surface area contributed by atoms with Gasteiger partial charge in [0.15, 0.2) is 10.9 Å². The summed E-state index contributed by atoms with van der Waals surface area (Å²) in [6.45, 7) is 0. The van der Waals surface area contributed by atoms with E-state index in [4.69, 9.17) is 16.3 Å². The molecule has 0 amide bonds. The van der Waals surface area contributed by atoms with Crippen LogP contribution in [-0.2, 0) is 0 Å². The summed E-state index contributed by atoms with van der Waals surface area (Å²) in [7, 11) is 1.61. The van der Waals surface area contributed by atoms with Gasteiger partial charge in [-0.25, -0.2) is 9.97 Å². The molecule has 0 unspecified atom stereocenters. The molecule has 1 aromatic heterocycles. The first-order chi connectivity index (χ1) is 6.83. The average Bonchev–Trinajstić information content (AvgIpc) is 2.70. The Labute approximate surface area is 88.5 Å². The van der Waals surface area contributed by atoms with Crippen LogP contribution in [0.5, 0.6) is 5.75 Å². The first-order valence-corrected chi connectivity index (χ1v) is 5.25. The maximum atomic E-state index is 5.93. The van der Waals surface area contributed by atoms with Gasteiger partial charge >= 0.3 is 0 Å². The van der Waals surface area contributed by atoms with Crippen LogP contribution in [0, 0.1) is 0 Å². The minimum atomic E-state index is 0.421. The second-order valence-electron chi connectivity index (χ2n) is 3.56. The number of hydrogen-bond donors (Lipinski definition) is 0. The molecule has 76 valence electrons. The van der Waals surface area contributed by atoms with E-state index in [1.54, 1.807) is 7.11 Å².